The monoisotopic (exact) mass is 156 g/mol. The molecule has 0 aliphatic heterocycles. The van der Waals surface area contributed by atoms with Gasteiger partial charge in [0.05, 0.1) is 6.33 Å². The van der Waals surface area contributed by atoms with Gasteiger partial charge in [0.2, 0.25) is 0 Å². The zero-order valence-corrected chi connectivity index (χ0v) is 6.96. The van der Waals surface area contributed by atoms with E-state index in [0.717, 1.165) is 13.0 Å². The number of nitrogens with zero attached hydrogens (tertiary/aromatic N) is 2. The Hall–Kier alpha value is -0.440. The van der Waals surface area contributed by atoms with Crippen molar-refractivity contribution in [2.24, 2.45) is 0 Å². The molecule has 0 aliphatic rings. The molecule has 1 aromatic rings. The lowest BCUT2D eigenvalue weighted by molar-refractivity contribution is 0.641. The summed E-state index contributed by atoms with van der Waals surface area (Å²) in [5, 5.41) is 0.474. The molecule has 0 bridgehead atoms. The minimum Gasteiger partial charge on any atom is -0.337 e. The second-order valence-corrected chi connectivity index (χ2v) is 3.32. The molecule has 0 aliphatic carbocycles. The molecule has 1 aromatic heterocycles. The van der Waals surface area contributed by atoms with Crippen LogP contribution in [0.3, 0.4) is 0 Å². The Labute approximate surface area is 66.7 Å². The van der Waals surface area contributed by atoms with E-state index in [1.54, 1.807) is 6.20 Å². The molecule has 1 atom stereocenters. The highest BCUT2D eigenvalue weighted by Crippen LogP contribution is 2.01. The summed E-state index contributed by atoms with van der Waals surface area (Å²) in [5.41, 5.74) is 0. The Morgan fingerprint density at radius 1 is 1.70 bits per heavy atom. The van der Waals surface area contributed by atoms with Crippen molar-refractivity contribution in [3.05, 3.63) is 18.7 Å². The number of thiol groups is 1. The largest absolute Gasteiger partial charge is 0.337 e. The summed E-state index contributed by atoms with van der Waals surface area (Å²) in [6, 6.07) is 0. The molecule has 0 radical (unpaired) electrons. The van der Waals surface area contributed by atoms with E-state index >= 15 is 0 Å². The fraction of sp³-hybridized carbons (Fsp3) is 0.571. The van der Waals surface area contributed by atoms with Gasteiger partial charge in [-0.15, -0.1) is 0 Å². The highest BCUT2D eigenvalue weighted by Gasteiger charge is 1.94. The SMILES string of the molecule is CC(S)CCn1ccnc1. The smallest absolute Gasteiger partial charge is 0.0945 e. The topological polar surface area (TPSA) is 17.8 Å². The van der Waals surface area contributed by atoms with E-state index in [0.29, 0.717) is 5.25 Å². The first kappa shape index (κ1) is 7.66. The minimum absolute atomic E-state index is 0.474. The van der Waals surface area contributed by atoms with Gasteiger partial charge in [0.1, 0.15) is 0 Å². The number of hydrogen-bond acceptors (Lipinski definition) is 2. The molecule has 0 spiro atoms. The third kappa shape index (κ3) is 2.43. The molecule has 0 aromatic carbocycles. The summed E-state index contributed by atoms with van der Waals surface area (Å²) in [6.07, 6.45) is 6.69. The Balaban J connectivity index is 2.28. The fourth-order valence-electron chi connectivity index (χ4n) is 0.755. The van der Waals surface area contributed by atoms with Crippen LogP contribution in [0.4, 0.5) is 0 Å². The molecule has 0 fully saturated rings. The average Bonchev–Trinajstić information content (AvgIpc) is 2.34. The van der Waals surface area contributed by atoms with Gasteiger partial charge in [0, 0.05) is 24.2 Å². The Bertz CT molecular complexity index is 170. The third-order valence-electron chi connectivity index (χ3n) is 1.36. The van der Waals surface area contributed by atoms with E-state index in [-0.39, 0.29) is 0 Å². The highest BCUT2D eigenvalue weighted by atomic mass is 32.1. The quantitative estimate of drug-likeness (QED) is 0.658. The van der Waals surface area contributed by atoms with Crippen LogP contribution in [0.2, 0.25) is 0 Å². The van der Waals surface area contributed by atoms with Gasteiger partial charge in [0.15, 0.2) is 0 Å². The second-order valence-electron chi connectivity index (χ2n) is 2.44. The number of aromatic nitrogens is 2. The van der Waals surface area contributed by atoms with Crippen molar-refractivity contribution in [2.75, 3.05) is 0 Å². The number of rotatable bonds is 3. The van der Waals surface area contributed by atoms with Gasteiger partial charge in [-0.3, -0.25) is 0 Å². The standard InChI is InChI=1S/C7H12N2S/c1-7(10)2-4-9-5-3-8-6-9/h3,5-7,10H,2,4H2,1H3. The predicted molar refractivity (Wildman–Crippen MR) is 45.3 cm³/mol. The molecule has 0 saturated carbocycles. The van der Waals surface area contributed by atoms with Crippen molar-refractivity contribution in [1.82, 2.24) is 9.55 Å². The van der Waals surface area contributed by atoms with Crippen LogP contribution in [0, 0.1) is 0 Å². The van der Waals surface area contributed by atoms with E-state index in [1.165, 1.54) is 0 Å². The number of aryl methyl sites for hydroxylation is 1. The van der Waals surface area contributed by atoms with Gasteiger partial charge in [-0.2, -0.15) is 12.6 Å². The van der Waals surface area contributed by atoms with Crippen molar-refractivity contribution >= 4 is 12.6 Å². The zero-order chi connectivity index (χ0) is 7.40. The van der Waals surface area contributed by atoms with Crippen molar-refractivity contribution in [3.63, 3.8) is 0 Å². The third-order valence-corrected chi connectivity index (χ3v) is 1.62. The Morgan fingerprint density at radius 2 is 2.50 bits per heavy atom. The molecule has 0 saturated heterocycles. The van der Waals surface area contributed by atoms with Crippen molar-refractivity contribution in [2.45, 2.75) is 25.1 Å². The maximum Gasteiger partial charge on any atom is 0.0945 e. The molecule has 1 heterocycles. The minimum atomic E-state index is 0.474. The van der Waals surface area contributed by atoms with Crippen molar-refractivity contribution in [3.8, 4) is 0 Å². The van der Waals surface area contributed by atoms with Crippen LogP contribution in [0.15, 0.2) is 18.7 Å². The van der Waals surface area contributed by atoms with Crippen LogP contribution in [0.25, 0.3) is 0 Å². The van der Waals surface area contributed by atoms with Gasteiger partial charge < -0.3 is 4.57 Å². The predicted octanol–water partition coefficient (Wildman–Crippen LogP) is 1.59. The van der Waals surface area contributed by atoms with Gasteiger partial charge >= 0.3 is 0 Å². The van der Waals surface area contributed by atoms with Crippen LogP contribution in [0.1, 0.15) is 13.3 Å². The normalized spacial score (nSPS) is 13.4. The van der Waals surface area contributed by atoms with Crippen molar-refractivity contribution < 1.29 is 0 Å². The van der Waals surface area contributed by atoms with Crippen LogP contribution < -0.4 is 0 Å². The van der Waals surface area contributed by atoms with Crippen LogP contribution in [-0.4, -0.2) is 14.8 Å². The lowest BCUT2D eigenvalue weighted by Gasteiger charge is -2.03. The molecule has 0 N–H and O–H groups in total. The molecule has 0 amide bonds. The Kier molecular flexibility index (Phi) is 2.81. The van der Waals surface area contributed by atoms with Gasteiger partial charge in [-0.1, -0.05) is 6.92 Å². The zero-order valence-electron chi connectivity index (χ0n) is 6.07. The van der Waals surface area contributed by atoms with Gasteiger partial charge in [-0.25, -0.2) is 4.98 Å². The lowest BCUT2D eigenvalue weighted by Crippen LogP contribution is -2.00. The number of imidazole rings is 1. The first-order valence-corrected chi connectivity index (χ1v) is 3.94. The Morgan fingerprint density at radius 3 is 3.00 bits per heavy atom. The summed E-state index contributed by atoms with van der Waals surface area (Å²) >= 11 is 4.28. The molecular weight excluding hydrogens is 144 g/mol. The van der Waals surface area contributed by atoms with Gasteiger partial charge in [0.25, 0.3) is 0 Å². The first-order chi connectivity index (χ1) is 4.79. The summed E-state index contributed by atoms with van der Waals surface area (Å²) in [4.78, 5) is 3.94. The highest BCUT2D eigenvalue weighted by molar-refractivity contribution is 7.80. The summed E-state index contributed by atoms with van der Waals surface area (Å²) < 4.78 is 2.06. The molecule has 3 heteroatoms. The molecule has 2 nitrogen and oxygen atoms in total. The van der Waals surface area contributed by atoms with E-state index in [9.17, 15) is 0 Å². The molecular formula is C7H12N2S. The van der Waals surface area contributed by atoms with Gasteiger partial charge in [-0.05, 0) is 6.42 Å². The van der Waals surface area contributed by atoms with Crippen LogP contribution >= 0.6 is 12.6 Å². The molecule has 10 heavy (non-hydrogen) atoms. The van der Waals surface area contributed by atoms with E-state index < -0.39 is 0 Å². The van der Waals surface area contributed by atoms with E-state index in [2.05, 4.69) is 29.1 Å². The summed E-state index contributed by atoms with van der Waals surface area (Å²) in [6.45, 7) is 3.12. The summed E-state index contributed by atoms with van der Waals surface area (Å²) in [7, 11) is 0. The van der Waals surface area contributed by atoms with Crippen molar-refractivity contribution in [1.29, 1.82) is 0 Å². The summed E-state index contributed by atoms with van der Waals surface area (Å²) in [5.74, 6) is 0. The van der Waals surface area contributed by atoms with E-state index in [4.69, 9.17) is 0 Å². The average molecular weight is 156 g/mol. The van der Waals surface area contributed by atoms with Crippen LogP contribution in [0.5, 0.6) is 0 Å². The molecule has 56 valence electrons. The maximum atomic E-state index is 4.28. The molecule has 1 unspecified atom stereocenters. The van der Waals surface area contributed by atoms with Crippen LogP contribution in [-0.2, 0) is 6.54 Å². The lowest BCUT2D eigenvalue weighted by atomic mass is 10.3. The molecule has 1 rings (SSSR count). The second kappa shape index (κ2) is 3.66. The first-order valence-electron chi connectivity index (χ1n) is 3.43. The number of hydrogen-bond donors (Lipinski definition) is 1. The fourth-order valence-corrected chi connectivity index (χ4v) is 0.870. The van der Waals surface area contributed by atoms with E-state index in [1.807, 2.05) is 12.5 Å². The maximum absolute atomic E-state index is 4.28.